The molecule has 1 aromatic rings. The molecule has 0 radical (unpaired) electrons. The topological polar surface area (TPSA) is 95.0 Å². The average molecular weight is 445 g/mol. The van der Waals surface area contributed by atoms with Crippen molar-refractivity contribution in [2.75, 3.05) is 26.7 Å². The van der Waals surface area contributed by atoms with Gasteiger partial charge in [-0.3, -0.25) is 4.79 Å². The first-order valence-corrected chi connectivity index (χ1v) is 11.6. The Morgan fingerprint density at radius 1 is 1.44 bits per heavy atom. The lowest BCUT2D eigenvalue weighted by Gasteiger charge is -2.37. The summed E-state index contributed by atoms with van der Waals surface area (Å²) in [6, 6.07) is 1.56. The molecule has 0 saturated heterocycles. The second-order valence-corrected chi connectivity index (χ2v) is 9.06. The first-order chi connectivity index (χ1) is 15.3. The number of amides is 3. The summed E-state index contributed by atoms with van der Waals surface area (Å²) in [5.74, 6) is -0.0163. The van der Waals surface area contributed by atoms with E-state index in [9.17, 15) is 14.7 Å². The molecule has 0 aromatic carbocycles. The van der Waals surface area contributed by atoms with Crippen LogP contribution in [0.3, 0.4) is 0 Å². The maximum atomic E-state index is 13.3. The van der Waals surface area contributed by atoms with Crippen molar-refractivity contribution < 1.29 is 19.4 Å². The van der Waals surface area contributed by atoms with Gasteiger partial charge in [-0.25, -0.2) is 9.78 Å². The van der Waals surface area contributed by atoms with Crippen LogP contribution in [0.25, 0.3) is 6.08 Å². The van der Waals surface area contributed by atoms with Crippen LogP contribution in [-0.4, -0.2) is 76.8 Å². The van der Waals surface area contributed by atoms with Crippen molar-refractivity contribution in [2.45, 2.75) is 64.6 Å². The number of hydrogen-bond acceptors (Lipinski definition) is 5. The van der Waals surface area contributed by atoms with Crippen LogP contribution >= 0.6 is 0 Å². The van der Waals surface area contributed by atoms with Crippen LogP contribution in [0, 0.1) is 5.92 Å². The van der Waals surface area contributed by atoms with Gasteiger partial charge in [0.15, 0.2) is 0 Å². The molecule has 3 rings (SSSR count). The number of urea groups is 1. The summed E-state index contributed by atoms with van der Waals surface area (Å²) < 4.78 is 6.24. The third-order valence-electron chi connectivity index (χ3n) is 6.38. The second kappa shape index (κ2) is 10.8. The molecule has 0 spiro atoms. The van der Waals surface area contributed by atoms with Crippen LogP contribution in [0.1, 0.15) is 62.4 Å². The zero-order valence-corrected chi connectivity index (χ0v) is 19.6. The SMILES string of the molecule is C/C=C/c1cnc2c(c1)C(=O)N([C@@H](C)CO)C[C@H](C)[C@H](CN(C)C(=O)NC1CCCC1)O2. The van der Waals surface area contributed by atoms with E-state index < -0.39 is 0 Å². The minimum atomic E-state index is -0.352. The molecular formula is C24H36N4O4. The monoisotopic (exact) mass is 444 g/mol. The van der Waals surface area contributed by atoms with Crippen molar-refractivity contribution in [3.63, 3.8) is 0 Å². The van der Waals surface area contributed by atoms with Gasteiger partial charge < -0.3 is 25.0 Å². The van der Waals surface area contributed by atoms with Crippen LogP contribution in [0.4, 0.5) is 4.79 Å². The molecule has 32 heavy (non-hydrogen) atoms. The van der Waals surface area contributed by atoms with E-state index in [1.165, 1.54) is 0 Å². The number of nitrogens with one attached hydrogen (secondary N) is 1. The van der Waals surface area contributed by atoms with Gasteiger partial charge in [0, 0.05) is 31.7 Å². The molecule has 1 aliphatic heterocycles. The zero-order valence-electron chi connectivity index (χ0n) is 19.6. The van der Waals surface area contributed by atoms with E-state index in [-0.39, 0.29) is 48.5 Å². The molecule has 0 bridgehead atoms. The van der Waals surface area contributed by atoms with E-state index in [0.29, 0.717) is 18.7 Å². The largest absolute Gasteiger partial charge is 0.472 e. The predicted octanol–water partition coefficient (Wildman–Crippen LogP) is 2.92. The Kier molecular flexibility index (Phi) is 8.12. The number of aliphatic hydroxyl groups excluding tert-OH is 1. The number of aliphatic hydroxyl groups is 1. The molecule has 2 heterocycles. The minimum absolute atomic E-state index is 0.0696. The minimum Gasteiger partial charge on any atom is -0.472 e. The molecule has 176 valence electrons. The van der Waals surface area contributed by atoms with Crippen LogP contribution in [0.15, 0.2) is 18.3 Å². The summed E-state index contributed by atoms with van der Waals surface area (Å²) in [5, 5.41) is 12.9. The normalized spacial score (nSPS) is 22.8. The van der Waals surface area contributed by atoms with E-state index in [2.05, 4.69) is 10.3 Å². The molecule has 2 aliphatic rings. The number of fused-ring (bicyclic) bond motifs is 1. The van der Waals surface area contributed by atoms with Gasteiger partial charge >= 0.3 is 6.03 Å². The predicted molar refractivity (Wildman–Crippen MR) is 124 cm³/mol. The van der Waals surface area contributed by atoms with Crippen molar-refractivity contribution in [1.82, 2.24) is 20.1 Å². The van der Waals surface area contributed by atoms with Crippen molar-refractivity contribution in [3.05, 3.63) is 29.5 Å². The van der Waals surface area contributed by atoms with E-state index in [4.69, 9.17) is 4.74 Å². The number of ether oxygens (including phenoxy) is 1. The van der Waals surface area contributed by atoms with E-state index in [0.717, 1.165) is 31.2 Å². The first-order valence-electron chi connectivity index (χ1n) is 11.6. The van der Waals surface area contributed by atoms with Gasteiger partial charge in [-0.15, -0.1) is 0 Å². The van der Waals surface area contributed by atoms with Gasteiger partial charge in [-0.05, 0) is 38.3 Å². The standard InChI is InChI=1S/C24H36N4O4/c1-5-8-18-11-20-22(25-12-18)32-21(16(2)13-28(23(20)30)17(3)15-29)14-27(4)24(31)26-19-9-6-7-10-19/h5,8,11-12,16-17,19,21,29H,6-7,9-10,13-15H2,1-4H3,(H,26,31)/b8-5+/t16-,17-,21-/m0/s1. The van der Waals surface area contributed by atoms with E-state index >= 15 is 0 Å². The Balaban J connectivity index is 1.85. The van der Waals surface area contributed by atoms with Gasteiger partial charge in [-0.2, -0.15) is 0 Å². The van der Waals surface area contributed by atoms with Crippen LogP contribution in [0.2, 0.25) is 0 Å². The lowest BCUT2D eigenvalue weighted by atomic mass is 10.00. The molecule has 0 unspecified atom stereocenters. The van der Waals surface area contributed by atoms with Crippen LogP contribution in [-0.2, 0) is 0 Å². The zero-order chi connectivity index (χ0) is 23.3. The lowest BCUT2D eigenvalue weighted by Crippen LogP contribution is -2.52. The fourth-order valence-electron chi connectivity index (χ4n) is 4.33. The van der Waals surface area contributed by atoms with Crippen molar-refractivity contribution in [1.29, 1.82) is 0 Å². The Morgan fingerprint density at radius 3 is 2.81 bits per heavy atom. The Hall–Kier alpha value is -2.61. The molecule has 2 N–H and O–H groups in total. The number of carbonyl (C=O) groups is 2. The molecule has 1 aliphatic carbocycles. The van der Waals surface area contributed by atoms with Crippen molar-refractivity contribution in [3.8, 4) is 5.88 Å². The summed E-state index contributed by atoms with van der Waals surface area (Å²) in [7, 11) is 1.77. The smallest absolute Gasteiger partial charge is 0.317 e. The molecular weight excluding hydrogens is 408 g/mol. The second-order valence-electron chi connectivity index (χ2n) is 9.06. The molecule has 3 amide bonds. The Morgan fingerprint density at radius 2 is 2.16 bits per heavy atom. The number of aromatic nitrogens is 1. The number of nitrogens with zero attached hydrogens (tertiary/aromatic N) is 3. The van der Waals surface area contributed by atoms with Gasteiger partial charge in [0.25, 0.3) is 5.91 Å². The summed E-state index contributed by atoms with van der Waals surface area (Å²) in [5.41, 5.74) is 1.17. The molecule has 1 fully saturated rings. The number of hydrogen-bond donors (Lipinski definition) is 2. The van der Waals surface area contributed by atoms with Crippen molar-refractivity contribution >= 4 is 18.0 Å². The maximum absolute atomic E-state index is 13.3. The maximum Gasteiger partial charge on any atom is 0.317 e. The summed E-state index contributed by atoms with van der Waals surface area (Å²) in [6.45, 7) is 6.37. The van der Waals surface area contributed by atoms with Gasteiger partial charge in [-0.1, -0.05) is 31.9 Å². The molecule has 8 nitrogen and oxygen atoms in total. The Bertz CT molecular complexity index is 837. The fourth-order valence-corrected chi connectivity index (χ4v) is 4.33. The molecule has 8 heteroatoms. The van der Waals surface area contributed by atoms with Gasteiger partial charge in [0.05, 0.1) is 19.2 Å². The quantitative estimate of drug-likeness (QED) is 0.704. The van der Waals surface area contributed by atoms with Crippen LogP contribution < -0.4 is 10.1 Å². The van der Waals surface area contributed by atoms with Gasteiger partial charge in [0.1, 0.15) is 11.7 Å². The number of carbonyl (C=O) groups excluding carboxylic acids is 2. The third kappa shape index (κ3) is 5.59. The number of likely N-dealkylation sites (N-methyl/N-ethyl adjacent to an activating group) is 1. The summed E-state index contributed by atoms with van der Waals surface area (Å²) in [4.78, 5) is 33.8. The van der Waals surface area contributed by atoms with Crippen molar-refractivity contribution in [2.24, 2.45) is 5.92 Å². The Labute approximate surface area is 190 Å². The van der Waals surface area contributed by atoms with Crippen LogP contribution in [0.5, 0.6) is 5.88 Å². The van der Waals surface area contributed by atoms with Gasteiger partial charge in [0.2, 0.25) is 5.88 Å². The fraction of sp³-hybridized carbons (Fsp3) is 0.625. The first kappa shape index (κ1) is 24.0. The van der Waals surface area contributed by atoms with E-state index in [1.807, 2.05) is 32.9 Å². The number of rotatable bonds is 6. The highest BCUT2D eigenvalue weighted by Crippen LogP contribution is 2.28. The highest BCUT2D eigenvalue weighted by Gasteiger charge is 2.34. The van der Waals surface area contributed by atoms with E-state index in [1.54, 1.807) is 29.1 Å². The number of allylic oxidation sites excluding steroid dienone is 1. The molecule has 1 saturated carbocycles. The molecule has 1 aromatic heterocycles. The highest BCUT2D eigenvalue weighted by molar-refractivity contribution is 5.97. The summed E-state index contributed by atoms with van der Waals surface area (Å²) >= 11 is 0. The third-order valence-corrected chi connectivity index (χ3v) is 6.38. The average Bonchev–Trinajstić information content (AvgIpc) is 3.29. The summed E-state index contributed by atoms with van der Waals surface area (Å²) in [6.07, 6.45) is 9.44. The highest BCUT2D eigenvalue weighted by atomic mass is 16.5. The lowest BCUT2D eigenvalue weighted by molar-refractivity contribution is 0.0351. The number of pyridine rings is 1. The molecule has 3 atom stereocenters.